The molecule has 0 aromatic carbocycles. The zero-order valence-electron chi connectivity index (χ0n) is 6.95. The van der Waals surface area contributed by atoms with E-state index in [2.05, 4.69) is 23.0 Å². The maximum atomic E-state index is 4.41. The Balaban J connectivity index is 2.47. The van der Waals surface area contributed by atoms with Crippen molar-refractivity contribution in [1.29, 1.82) is 0 Å². The predicted octanol–water partition coefficient (Wildman–Crippen LogP) is 2.64. The number of hydrogen-bond acceptors (Lipinski definition) is 3. The molecule has 12 heavy (non-hydrogen) atoms. The first-order valence-corrected chi connectivity index (χ1v) is 4.92. The quantitative estimate of drug-likeness (QED) is 0.706. The largest absolute Gasteiger partial charge is 0.236 e. The second-order valence-electron chi connectivity index (χ2n) is 2.68. The van der Waals surface area contributed by atoms with Gasteiger partial charge in [-0.2, -0.15) is 0 Å². The summed E-state index contributed by atoms with van der Waals surface area (Å²) in [5.74, 6) is 0. The van der Waals surface area contributed by atoms with Crippen molar-refractivity contribution in [3.05, 3.63) is 23.3 Å². The molecular weight excluding hydrogens is 168 g/mol. The molecule has 0 N–H and O–H groups in total. The summed E-state index contributed by atoms with van der Waals surface area (Å²) in [5.41, 5.74) is 0.894. The van der Waals surface area contributed by atoms with Crippen molar-refractivity contribution >= 4 is 21.7 Å². The molecule has 0 atom stereocenters. The third-order valence-corrected chi connectivity index (χ3v) is 2.74. The van der Waals surface area contributed by atoms with Crippen LogP contribution in [0.1, 0.15) is 18.4 Å². The van der Waals surface area contributed by atoms with Gasteiger partial charge in [0.1, 0.15) is 0 Å². The summed E-state index contributed by atoms with van der Waals surface area (Å²) in [4.78, 5) is 8.59. The molecule has 62 valence electrons. The van der Waals surface area contributed by atoms with Gasteiger partial charge >= 0.3 is 0 Å². The van der Waals surface area contributed by atoms with Gasteiger partial charge in [-0.25, -0.2) is 9.97 Å². The molecule has 0 aliphatic heterocycles. The SMILES string of the molecule is CCCc1nc2ncccc2s1. The number of pyridine rings is 1. The first kappa shape index (κ1) is 7.68. The lowest BCUT2D eigenvalue weighted by Crippen LogP contribution is -1.79. The van der Waals surface area contributed by atoms with Crippen molar-refractivity contribution in [2.75, 3.05) is 0 Å². The Hall–Kier alpha value is -0.960. The van der Waals surface area contributed by atoms with Crippen LogP contribution in [-0.2, 0) is 6.42 Å². The van der Waals surface area contributed by atoms with Crippen LogP contribution in [0.25, 0.3) is 10.3 Å². The minimum Gasteiger partial charge on any atom is -0.236 e. The molecule has 0 fully saturated rings. The van der Waals surface area contributed by atoms with Crippen molar-refractivity contribution < 1.29 is 0 Å². The molecule has 0 aliphatic rings. The van der Waals surface area contributed by atoms with Gasteiger partial charge in [0.25, 0.3) is 0 Å². The van der Waals surface area contributed by atoms with Gasteiger partial charge in [0.05, 0.1) is 9.71 Å². The zero-order valence-corrected chi connectivity index (χ0v) is 7.77. The normalized spacial score (nSPS) is 10.8. The molecule has 2 nitrogen and oxygen atoms in total. The third-order valence-electron chi connectivity index (χ3n) is 1.67. The van der Waals surface area contributed by atoms with Crippen molar-refractivity contribution in [2.45, 2.75) is 19.8 Å². The maximum Gasteiger partial charge on any atom is 0.170 e. The van der Waals surface area contributed by atoms with Crippen LogP contribution in [0.2, 0.25) is 0 Å². The third kappa shape index (κ3) is 1.32. The minimum atomic E-state index is 0.894. The van der Waals surface area contributed by atoms with Crippen molar-refractivity contribution in [1.82, 2.24) is 9.97 Å². The van der Waals surface area contributed by atoms with Gasteiger partial charge in [-0.3, -0.25) is 0 Å². The number of rotatable bonds is 2. The van der Waals surface area contributed by atoms with Crippen molar-refractivity contribution in [2.24, 2.45) is 0 Å². The zero-order chi connectivity index (χ0) is 8.39. The molecule has 0 amide bonds. The van der Waals surface area contributed by atoms with E-state index >= 15 is 0 Å². The minimum absolute atomic E-state index is 0.894. The van der Waals surface area contributed by atoms with E-state index in [0.29, 0.717) is 0 Å². The van der Waals surface area contributed by atoms with Crippen LogP contribution in [0, 0.1) is 0 Å². The lowest BCUT2D eigenvalue weighted by molar-refractivity contribution is 0.911. The van der Waals surface area contributed by atoms with E-state index in [4.69, 9.17) is 0 Å². The Morgan fingerprint density at radius 2 is 2.42 bits per heavy atom. The smallest absolute Gasteiger partial charge is 0.170 e. The summed E-state index contributed by atoms with van der Waals surface area (Å²) in [7, 11) is 0. The van der Waals surface area contributed by atoms with Gasteiger partial charge in [-0.05, 0) is 25.0 Å². The van der Waals surface area contributed by atoms with E-state index in [-0.39, 0.29) is 0 Å². The molecule has 2 heterocycles. The predicted molar refractivity (Wildman–Crippen MR) is 51.4 cm³/mol. The number of fused-ring (bicyclic) bond motifs is 1. The molecule has 0 radical (unpaired) electrons. The van der Waals surface area contributed by atoms with Crippen molar-refractivity contribution in [3.8, 4) is 0 Å². The number of aromatic nitrogens is 2. The summed E-state index contributed by atoms with van der Waals surface area (Å²) < 4.78 is 1.20. The Bertz CT molecular complexity index is 348. The average molecular weight is 178 g/mol. The molecule has 3 heteroatoms. The molecule has 0 unspecified atom stereocenters. The fourth-order valence-corrected chi connectivity index (χ4v) is 2.16. The standard InChI is InChI=1S/C9H10N2S/c1-2-4-8-11-9-7(12-8)5-3-6-10-9/h3,5-6H,2,4H2,1H3. The van der Waals surface area contributed by atoms with E-state index in [1.54, 1.807) is 17.5 Å². The van der Waals surface area contributed by atoms with Crippen LogP contribution in [0.3, 0.4) is 0 Å². The lowest BCUT2D eigenvalue weighted by Gasteiger charge is -1.84. The summed E-state index contributed by atoms with van der Waals surface area (Å²) in [6, 6.07) is 4.02. The van der Waals surface area contributed by atoms with E-state index in [9.17, 15) is 0 Å². The van der Waals surface area contributed by atoms with Gasteiger partial charge < -0.3 is 0 Å². The topological polar surface area (TPSA) is 25.8 Å². The second kappa shape index (κ2) is 3.19. The van der Waals surface area contributed by atoms with E-state index in [1.807, 2.05) is 6.07 Å². The molecule has 0 saturated heterocycles. The summed E-state index contributed by atoms with van der Waals surface area (Å²) >= 11 is 1.75. The Morgan fingerprint density at radius 1 is 1.50 bits per heavy atom. The molecule has 2 aromatic rings. The molecule has 0 aliphatic carbocycles. The Kier molecular flexibility index (Phi) is 2.04. The van der Waals surface area contributed by atoms with Crippen LogP contribution in [0.15, 0.2) is 18.3 Å². The number of thiazole rings is 1. The highest BCUT2D eigenvalue weighted by atomic mass is 32.1. The van der Waals surface area contributed by atoms with Crippen LogP contribution >= 0.6 is 11.3 Å². The van der Waals surface area contributed by atoms with Gasteiger partial charge in [-0.15, -0.1) is 11.3 Å². The van der Waals surface area contributed by atoms with Gasteiger partial charge in [0, 0.05) is 6.20 Å². The first-order valence-electron chi connectivity index (χ1n) is 4.10. The van der Waals surface area contributed by atoms with Gasteiger partial charge in [-0.1, -0.05) is 6.92 Å². The average Bonchev–Trinajstić information content (AvgIpc) is 2.47. The highest BCUT2D eigenvalue weighted by Gasteiger charge is 2.01. The lowest BCUT2D eigenvalue weighted by atomic mass is 10.4. The number of nitrogens with zero attached hydrogens (tertiary/aromatic N) is 2. The van der Waals surface area contributed by atoms with Crippen molar-refractivity contribution in [3.63, 3.8) is 0 Å². The fraction of sp³-hybridized carbons (Fsp3) is 0.333. The summed E-state index contributed by atoms with van der Waals surface area (Å²) in [6.45, 7) is 2.17. The Morgan fingerprint density at radius 3 is 3.17 bits per heavy atom. The molecular formula is C9H10N2S. The number of hydrogen-bond donors (Lipinski definition) is 0. The molecule has 2 rings (SSSR count). The number of aryl methyl sites for hydroxylation is 1. The molecule has 0 bridgehead atoms. The van der Waals surface area contributed by atoms with Crippen LogP contribution in [-0.4, -0.2) is 9.97 Å². The highest BCUT2D eigenvalue weighted by molar-refractivity contribution is 7.18. The molecule has 0 saturated carbocycles. The first-order chi connectivity index (χ1) is 5.90. The van der Waals surface area contributed by atoms with Crippen LogP contribution < -0.4 is 0 Å². The Labute approximate surface area is 75.3 Å². The second-order valence-corrected chi connectivity index (χ2v) is 3.80. The summed E-state index contributed by atoms with van der Waals surface area (Å²) in [6.07, 6.45) is 4.01. The van der Waals surface area contributed by atoms with E-state index < -0.39 is 0 Å². The van der Waals surface area contributed by atoms with E-state index in [0.717, 1.165) is 18.5 Å². The monoisotopic (exact) mass is 178 g/mol. The summed E-state index contributed by atoms with van der Waals surface area (Å²) in [5, 5.41) is 1.20. The van der Waals surface area contributed by atoms with Crippen LogP contribution in [0.5, 0.6) is 0 Å². The van der Waals surface area contributed by atoms with E-state index in [1.165, 1.54) is 9.71 Å². The highest BCUT2D eigenvalue weighted by Crippen LogP contribution is 2.20. The maximum absolute atomic E-state index is 4.41. The molecule has 0 spiro atoms. The van der Waals surface area contributed by atoms with Gasteiger partial charge in [0.15, 0.2) is 5.65 Å². The fourth-order valence-electron chi connectivity index (χ4n) is 1.13. The van der Waals surface area contributed by atoms with Crippen LogP contribution in [0.4, 0.5) is 0 Å². The van der Waals surface area contributed by atoms with Gasteiger partial charge in [0.2, 0.25) is 0 Å². The molecule has 2 aromatic heterocycles.